The second-order valence-electron chi connectivity index (χ2n) is 4.47. The van der Waals surface area contributed by atoms with Gasteiger partial charge in [0, 0.05) is 26.2 Å². The molecule has 2 amide bonds. The Balaban J connectivity index is 2.09. The Morgan fingerprint density at radius 3 is 2.83 bits per heavy atom. The van der Waals surface area contributed by atoms with Gasteiger partial charge >= 0.3 is 12.0 Å². The number of carbonyl (C=O) groups is 2. The molecule has 1 unspecified atom stereocenters. The summed E-state index contributed by atoms with van der Waals surface area (Å²) in [5.41, 5.74) is 0. The van der Waals surface area contributed by atoms with E-state index in [4.69, 9.17) is 9.84 Å². The van der Waals surface area contributed by atoms with Crippen molar-refractivity contribution in [3.63, 3.8) is 0 Å². The third kappa shape index (κ3) is 4.91. The Hall–Kier alpha value is -1.30. The Labute approximate surface area is 107 Å². The lowest BCUT2D eigenvalue weighted by Gasteiger charge is -2.16. The van der Waals surface area contributed by atoms with Crippen molar-refractivity contribution in [1.29, 1.82) is 0 Å². The molecule has 0 bridgehead atoms. The van der Waals surface area contributed by atoms with Crippen LogP contribution in [0.2, 0.25) is 0 Å². The molecule has 2 N–H and O–H groups in total. The Morgan fingerprint density at radius 1 is 1.44 bits per heavy atom. The second kappa shape index (κ2) is 7.92. The van der Waals surface area contributed by atoms with Crippen LogP contribution in [-0.2, 0) is 9.53 Å². The van der Waals surface area contributed by atoms with Gasteiger partial charge in [0.1, 0.15) is 0 Å². The Kier molecular flexibility index (Phi) is 6.49. The van der Waals surface area contributed by atoms with Crippen LogP contribution in [0, 0.1) is 5.92 Å². The average Bonchev–Trinajstić information content (AvgIpc) is 2.83. The van der Waals surface area contributed by atoms with Gasteiger partial charge in [-0.3, -0.25) is 4.79 Å². The normalized spacial score (nSPS) is 18.9. The number of urea groups is 1. The van der Waals surface area contributed by atoms with E-state index in [9.17, 15) is 9.59 Å². The van der Waals surface area contributed by atoms with Crippen LogP contribution in [-0.4, -0.2) is 54.9 Å². The van der Waals surface area contributed by atoms with E-state index in [1.807, 2.05) is 0 Å². The molecule has 6 heteroatoms. The van der Waals surface area contributed by atoms with Gasteiger partial charge in [-0.25, -0.2) is 4.79 Å². The summed E-state index contributed by atoms with van der Waals surface area (Å²) in [6, 6.07) is -0.196. The molecule has 1 fully saturated rings. The molecular weight excluding hydrogens is 236 g/mol. The summed E-state index contributed by atoms with van der Waals surface area (Å²) in [6.07, 6.45) is 2.66. The van der Waals surface area contributed by atoms with Gasteiger partial charge in [0.05, 0.1) is 12.5 Å². The summed E-state index contributed by atoms with van der Waals surface area (Å²) in [5, 5.41) is 11.6. The summed E-state index contributed by atoms with van der Waals surface area (Å²) in [5.74, 6) is -1.25. The zero-order valence-corrected chi connectivity index (χ0v) is 10.9. The number of nitrogens with zero attached hydrogens (tertiary/aromatic N) is 1. The van der Waals surface area contributed by atoms with Gasteiger partial charge in [-0.2, -0.15) is 0 Å². The minimum absolute atomic E-state index is 0.196. The minimum atomic E-state index is -0.826. The predicted molar refractivity (Wildman–Crippen MR) is 66.4 cm³/mol. The highest BCUT2D eigenvalue weighted by Crippen LogP contribution is 2.15. The van der Waals surface area contributed by atoms with Gasteiger partial charge in [0.25, 0.3) is 0 Å². The van der Waals surface area contributed by atoms with Gasteiger partial charge in [-0.15, -0.1) is 0 Å². The smallest absolute Gasteiger partial charge is 0.317 e. The SMILES string of the molecule is CCCCOCCNC(=O)N1CCC(C(=O)O)C1. The minimum Gasteiger partial charge on any atom is -0.481 e. The van der Waals surface area contributed by atoms with Crippen LogP contribution < -0.4 is 5.32 Å². The van der Waals surface area contributed by atoms with Gasteiger partial charge < -0.3 is 20.1 Å². The van der Waals surface area contributed by atoms with Crippen LogP contribution in [0.15, 0.2) is 0 Å². The highest BCUT2D eigenvalue weighted by Gasteiger charge is 2.30. The summed E-state index contributed by atoms with van der Waals surface area (Å²) in [6.45, 7) is 4.60. The van der Waals surface area contributed by atoms with Crippen LogP contribution in [0.25, 0.3) is 0 Å². The number of hydrogen-bond donors (Lipinski definition) is 2. The van der Waals surface area contributed by atoms with E-state index >= 15 is 0 Å². The molecule has 0 aliphatic carbocycles. The largest absolute Gasteiger partial charge is 0.481 e. The highest BCUT2D eigenvalue weighted by atomic mass is 16.5. The molecule has 0 spiro atoms. The molecule has 0 saturated carbocycles. The van der Waals surface area contributed by atoms with Crippen LogP contribution in [0.4, 0.5) is 4.79 Å². The molecule has 1 atom stereocenters. The first-order valence-electron chi connectivity index (χ1n) is 6.48. The monoisotopic (exact) mass is 258 g/mol. The maximum Gasteiger partial charge on any atom is 0.317 e. The number of carboxylic acid groups (broad SMARTS) is 1. The lowest BCUT2D eigenvalue weighted by Crippen LogP contribution is -2.40. The first-order valence-corrected chi connectivity index (χ1v) is 6.48. The zero-order valence-electron chi connectivity index (χ0n) is 10.9. The predicted octanol–water partition coefficient (Wildman–Crippen LogP) is 0.919. The van der Waals surface area contributed by atoms with Gasteiger partial charge in [0.2, 0.25) is 0 Å². The summed E-state index contributed by atoms with van der Waals surface area (Å²) in [4.78, 5) is 24.0. The van der Waals surface area contributed by atoms with Crippen molar-refractivity contribution in [2.75, 3.05) is 32.8 Å². The van der Waals surface area contributed by atoms with Crippen molar-refractivity contribution in [1.82, 2.24) is 10.2 Å². The molecule has 0 radical (unpaired) electrons. The molecule has 6 nitrogen and oxygen atoms in total. The third-order valence-corrected chi connectivity index (χ3v) is 2.99. The van der Waals surface area contributed by atoms with E-state index in [-0.39, 0.29) is 6.03 Å². The molecule has 0 aromatic carbocycles. The van der Waals surface area contributed by atoms with Crippen molar-refractivity contribution < 1.29 is 19.4 Å². The number of ether oxygens (including phenoxy) is 1. The first kappa shape index (κ1) is 14.8. The number of unbranched alkanes of at least 4 members (excludes halogenated alkanes) is 1. The maximum absolute atomic E-state index is 11.7. The quantitative estimate of drug-likeness (QED) is 0.665. The van der Waals surface area contributed by atoms with Crippen molar-refractivity contribution in [2.45, 2.75) is 26.2 Å². The number of carbonyl (C=O) groups excluding carboxylic acids is 1. The van der Waals surface area contributed by atoms with E-state index in [1.54, 1.807) is 4.90 Å². The highest BCUT2D eigenvalue weighted by molar-refractivity contribution is 5.77. The lowest BCUT2D eigenvalue weighted by atomic mass is 10.1. The summed E-state index contributed by atoms with van der Waals surface area (Å²) in [7, 11) is 0. The fourth-order valence-corrected chi connectivity index (χ4v) is 1.84. The van der Waals surface area contributed by atoms with Crippen molar-refractivity contribution in [2.24, 2.45) is 5.92 Å². The van der Waals surface area contributed by atoms with Gasteiger partial charge in [-0.1, -0.05) is 13.3 Å². The molecule has 1 heterocycles. The summed E-state index contributed by atoms with van der Waals surface area (Å²) >= 11 is 0. The molecule has 0 aromatic heterocycles. The van der Waals surface area contributed by atoms with Crippen molar-refractivity contribution >= 4 is 12.0 Å². The Morgan fingerprint density at radius 2 is 2.22 bits per heavy atom. The molecule has 1 aliphatic rings. The lowest BCUT2D eigenvalue weighted by molar-refractivity contribution is -0.141. The number of aliphatic carboxylic acids is 1. The first-order chi connectivity index (χ1) is 8.65. The number of nitrogens with one attached hydrogen (secondary N) is 1. The molecule has 1 aliphatic heterocycles. The van der Waals surface area contributed by atoms with Gasteiger partial charge in [0.15, 0.2) is 0 Å². The number of hydrogen-bond acceptors (Lipinski definition) is 3. The van der Waals surface area contributed by atoms with Crippen LogP contribution in [0.3, 0.4) is 0 Å². The fourth-order valence-electron chi connectivity index (χ4n) is 1.84. The van der Waals surface area contributed by atoms with Gasteiger partial charge in [-0.05, 0) is 12.8 Å². The van der Waals surface area contributed by atoms with Crippen molar-refractivity contribution in [3.05, 3.63) is 0 Å². The molecule has 104 valence electrons. The van der Waals surface area contributed by atoms with Crippen LogP contribution in [0.1, 0.15) is 26.2 Å². The number of rotatable bonds is 7. The van der Waals surface area contributed by atoms with E-state index in [0.717, 1.165) is 19.4 Å². The number of carboxylic acids is 1. The molecule has 1 saturated heterocycles. The molecular formula is C12H22N2O4. The number of amides is 2. The zero-order chi connectivity index (χ0) is 13.4. The fraction of sp³-hybridized carbons (Fsp3) is 0.833. The topological polar surface area (TPSA) is 78.9 Å². The molecule has 0 aromatic rings. The second-order valence-corrected chi connectivity index (χ2v) is 4.47. The van der Waals surface area contributed by atoms with E-state index in [1.165, 1.54) is 0 Å². The maximum atomic E-state index is 11.7. The van der Waals surface area contributed by atoms with Crippen LogP contribution in [0.5, 0.6) is 0 Å². The van der Waals surface area contributed by atoms with Crippen LogP contribution >= 0.6 is 0 Å². The van der Waals surface area contributed by atoms with E-state index in [0.29, 0.717) is 32.7 Å². The average molecular weight is 258 g/mol. The standard InChI is InChI=1S/C12H22N2O4/c1-2-3-7-18-8-5-13-12(17)14-6-4-10(9-14)11(15)16/h10H,2-9H2,1H3,(H,13,17)(H,15,16). The Bertz CT molecular complexity index is 283. The van der Waals surface area contributed by atoms with Crippen molar-refractivity contribution in [3.8, 4) is 0 Å². The van der Waals surface area contributed by atoms with E-state index < -0.39 is 11.9 Å². The number of likely N-dealkylation sites (tertiary alicyclic amines) is 1. The molecule has 18 heavy (non-hydrogen) atoms. The third-order valence-electron chi connectivity index (χ3n) is 2.99. The molecule has 1 rings (SSSR count). The summed E-state index contributed by atoms with van der Waals surface area (Å²) < 4.78 is 5.32. The van der Waals surface area contributed by atoms with E-state index in [2.05, 4.69) is 12.2 Å².